The van der Waals surface area contributed by atoms with Gasteiger partial charge in [-0.1, -0.05) is 42.6 Å². The van der Waals surface area contributed by atoms with Crippen molar-refractivity contribution in [1.29, 1.82) is 0 Å². The summed E-state index contributed by atoms with van der Waals surface area (Å²) in [6.07, 6.45) is 2.74. The zero-order valence-electron chi connectivity index (χ0n) is 20.3. The van der Waals surface area contributed by atoms with E-state index in [0.29, 0.717) is 33.6 Å². The predicted octanol–water partition coefficient (Wildman–Crippen LogP) is 4.10. The van der Waals surface area contributed by atoms with Gasteiger partial charge in [-0.25, -0.2) is 8.42 Å². The number of ether oxygens (including phenoxy) is 1. The van der Waals surface area contributed by atoms with Crippen LogP contribution in [0, 0.1) is 0 Å². The average molecular weight is 545 g/mol. The summed E-state index contributed by atoms with van der Waals surface area (Å²) in [7, 11) is -2.31. The number of carbonyl (C=O) groups excluding carboxylic acids is 2. The van der Waals surface area contributed by atoms with Gasteiger partial charge in [0.1, 0.15) is 18.3 Å². The van der Waals surface area contributed by atoms with Gasteiger partial charge in [-0.2, -0.15) is 0 Å². The Morgan fingerprint density at radius 3 is 2.29 bits per heavy atom. The monoisotopic (exact) mass is 543 g/mol. The highest BCUT2D eigenvalue weighted by molar-refractivity contribution is 7.92. The topological polar surface area (TPSA) is 96.0 Å². The number of nitrogens with one attached hydrogen (secondary N) is 1. The van der Waals surface area contributed by atoms with Gasteiger partial charge in [0, 0.05) is 13.1 Å². The number of carbonyl (C=O) groups is 2. The molecule has 2 rings (SSSR count). The first-order chi connectivity index (χ1) is 16.5. The standard InChI is InChI=1S/C24H31Cl2N3O5S/c1-5-6-13-27-24(31)17(2)28(15-18-7-12-21(25)22(26)14-18)23(30)16-29(35(4,32)33)19-8-10-20(34-3)11-9-19/h7-12,14,17H,5-6,13,15-16H2,1-4H3,(H,27,31)/t17-/m1/s1. The lowest BCUT2D eigenvalue weighted by Gasteiger charge is -2.31. The molecule has 0 saturated carbocycles. The number of unbranched alkanes of at least 4 members (excludes halogenated alkanes) is 1. The van der Waals surface area contributed by atoms with Crippen molar-refractivity contribution in [3.05, 3.63) is 58.1 Å². The summed E-state index contributed by atoms with van der Waals surface area (Å²) in [4.78, 5) is 27.6. The van der Waals surface area contributed by atoms with Crippen molar-refractivity contribution < 1.29 is 22.7 Å². The Balaban J connectivity index is 2.36. The lowest BCUT2D eigenvalue weighted by Crippen LogP contribution is -2.51. The maximum absolute atomic E-state index is 13.5. The summed E-state index contributed by atoms with van der Waals surface area (Å²) in [5, 5.41) is 3.50. The van der Waals surface area contributed by atoms with Gasteiger partial charge in [0.05, 0.1) is 29.1 Å². The van der Waals surface area contributed by atoms with Crippen LogP contribution in [-0.4, -0.2) is 57.6 Å². The fourth-order valence-corrected chi connectivity index (χ4v) is 4.49. The Morgan fingerprint density at radius 2 is 1.74 bits per heavy atom. The first kappa shape index (κ1) is 28.7. The normalized spacial score (nSPS) is 12.1. The highest BCUT2D eigenvalue weighted by Crippen LogP contribution is 2.25. The quantitative estimate of drug-likeness (QED) is 0.406. The van der Waals surface area contributed by atoms with Gasteiger partial charge in [-0.15, -0.1) is 0 Å². The van der Waals surface area contributed by atoms with Gasteiger partial charge in [0.25, 0.3) is 0 Å². The van der Waals surface area contributed by atoms with Crippen molar-refractivity contribution in [3.63, 3.8) is 0 Å². The molecule has 2 aromatic rings. The second-order valence-electron chi connectivity index (χ2n) is 8.06. The van der Waals surface area contributed by atoms with E-state index in [2.05, 4.69) is 5.32 Å². The van der Waals surface area contributed by atoms with E-state index >= 15 is 0 Å². The molecule has 0 aliphatic carbocycles. The molecule has 0 saturated heterocycles. The van der Waals surface area contributed by atoms with Crippen molar-refractivity contribution in [2.24, 2.45) is 0 Å². The first-order valence-electron chi connectivity index (χ1n) is 11.1. The first-order valence-corrected chi connectivity index (χ1v) is 13.7. The summed E-state index contributed by atoms with van der Waals surface area (Å²) in [5.74, 6) is -0.329. The number of hydrogen-bond acceptors (Lipinski definition) is 5. The van der Waals surface area contributed by atoms with Crippen LogP contribution in [0.5, 0.6) is 5.75 Å². The van der Waals surface area contributed by atoms with E-state index in [1.807, 2.05) is 6.92 Å². The molecule has 0 aliphatic rings. The zero-order chi connectivity index (χ0) is 26.2. The second kappa shape index (κ2) is 13.0. The molecule has 0 aromatic heterocycles. The number of halogens is 2. The SMILES string of the molecule is CCCCNC(=O)[C@@H](C)N(Cc1ccc(Cl)c(Cl)c1)C(=O)CN(c1ccc(OC)cc1)S(C)(=O)=O. The Bertz CT molecular complexity index is 1130. The van der Waals surface area contributed by atoms with Crippen LogP contribution in [-0.2, 0) is 26.2 Å². The van der Waals surface area contributed by atoms with Gasteiger partial charge < -0.3 is 15.0 Å². The predicted molar refractivity (Wildman–Crippen MR) is 140 cm³/mol. The molecule has 0 heterocycles. The van der Waals surface area contributed by atoms with Crippen molar-refractivity contribution >= 4 is 50.7 Å². The molecule has 11 heteroatoms. The smallest absolute Gasteiger partial charge is 0.244 e. The molecule has 0 fully saturated rings. The number of amides is 2. The summed E-state index contributed by atoms with van der Waals surface area (Å²) in [6.45, 7) is 3.65. The van der Waals surface area contributed by atoms with Crippen LogP contribution in [0.1, 0.15) is 32.3 Å². The van der Waals surface area contributed by atoms with Crippen molar-refractivity contribution in [2.75, 3.05) is 30.8 Å². The number of methoxy groups -OCH3 is 1. The number of sulfonamides is 1. The number of hydrogen-bond donors (Lipinski definition) is 1. The molecule has 192 valence electrons. The molecule has 0 aliphatic heterocycles. The van der Waals surface area contributed by atoms with Gasteiger partial charge in [0.2, 0.25) is 21.8 Å². The van der Waals surface area contributed by atoms with E-state index in [9.17, 15) is 18.0 Å². The van der Waals surface area contributed by atoms with E-state index in [4.69, 9.17) is 27.9 Å². The third-order valence-corrected chi connectivity index (χ3v) is 7.25. The fourth-order valence-electron chi connectivity index (χ4n) is 3.32. The third-order valence-electron chi connectivity index (χ3n) is 5.37. The minimum atomic E-state index is -3.81. The molecule has 0 bridgehead atoms. The summed E-state index contributed by atoms with van der Waals surface area (Å²) in [6, 6.07) is 10.4. The van der Waals surface area contributed by atoms with E-state index in [0.717, 1.165) is 23.4 Å². The number of nitrogens with zero attached hydrogens (tertiary/aromatic N) is 2. The molecule has 2 amide bonds. The lowest BCUT2D eigenvalue weighted by atomic mass is 10.1. The molecular formula is C24H31Cl2N3O5S. The number of rotatable bonds is 12. The van der Waals surface area contributed by atoms with E-state index in [-0.39, 0.29) is 12.5 Å². The molecule has 0 unspecified atom stereocenters. The van der Waals surface area contributed by atoms with E-state index in [1.165, 1.54) is 12.0 Å². The van der Waals surface area contributed by atoms with Crippen LogP contribution in [0.3, 0.4) is 0 Å². The van der Waals surface area contributed by atoms with Gasteiger partial charge in [0.15, 0.2) is 0 Å². The van der Waals surface area contributed by atoms with Crippen LogP contribution >= 0.6 is 23.2 Å². The number of benzene rings is 2. The molecule has 0 radical (unpaired) electrons. The van der Waals surface area contributed by atoms with Crippen LogP contribution in [0.15, 0.2) is 42.5 Å². The minimum Gasteiger partial charge on any atom is -0.497 e. The maximum Gasteiger partial charge on any atom is 0.244 e. The van der Waals surface area contributed by atoms with E-state index in [1.54, 1.807) is 49.4 Å². The Labute approximate surface area is 217 Å². The summed E-state index contributed by atoms with van der Waals surface area (Å²) in [5.41, 5.74) is 0.951. The van der Waals surface area contributed by atoms with Crippen molar-refractivity contribution in [1.82, 2.24) is 10.2 Å². The summed E-state index contributed by atoms with van der Waals surface area (Å²) < 4.78 is 31.3. The highest BCUT2D eigenvalue weighted by atomic mass is 35.5. The largest absolute Gasteiger partial charge is 0.497 e. The van der Waals surface area contributed by atoms with Crippen LogP contribution in [0.4, 0.5) is 5.69 Å². The molecule has 0 spiro atoms. The van der Waals surface area contributed by atoms with Gasteiger partial charge >= 0.3 is 0 Å². The molecule has 35 heavy (non-hydrogen) atoms. The van der Waals surface area contributed by atoms with Crippen LogP contribution in [0.2, 0.25) is 10.0 Å². The fraction of sp³-hybridized carbons (Fsp3) is 0.417. The molecule has 1 atom stereocenters. The molecule has 1 N–H and O–H groups in total. The van der Waals surface area contributed by atoms with Crippen molar-refractivity contribution in [2.45, 2.75) is 39.3 Å². The second-order valence-corrected chi connectivity index (χ2v) is 10.8. The molecular weight excluding hydrogens is 513 g/mol. The molecule has 8 nitrogen and oxygen atoms in total. The number of anilines is 1. The van der Waals surface area contributed by atoms with Gasteiger partial charge in [-0.05, 0) is 55.3 Å². The van der Waals surface area contributed by atoms with Crippen molar-refractivity contribution in [3.8, 4) is 5.75 Å². The third kappa shape index (κ3) is 8.30. The lowest BCUT2D eigenvalue weighted by molar-refractivity contribution is -0.139. The maximum atomic E-state index is 13.5. The Hall–Kier alpha value is -2.49. The minimum absolute atomic E-state index is 0.0400. The summed E-state index contributed by atoms with van der Waals surface area (Å²) >= 11 is 12.2. The van der Waals surface area contributed by atoms with Crippen LogP contribution < -0.4 is 14.4 Å². The molecule has 2 aromatic carbocycles. The van der Waals surface area contributed by atoms with Gasteiger partial charge in [-0.3, -0.25) is 13.9 Å². The zero-order valence-corrected chi connectivity index (χ0v) is 22.6. The van der Waals surface area contributed by atoms with E-state index < -0.39 is 28.5 Å². The van der Waals surface area contributed by atoms with Crippen LogP contribution in [0.25, 0.3) is 0 Å². The Morgan fingerprint density at radius 1 is 1.09 bits per heavy atom. The average Bonchev–Trinajstić information content (AvgIpc) is 2.82. The highest BCUT2D eigenvalue weighted by Gasteiger charge is 2.30. The Kier molecular flexibility index (Phi) is 10.7.